The van der Waals surface area contributed by atoms with Crippen LogP contribution in [0.15, 0.2) is 186 Å². The summed E-state index contributed by atoms with van der Waals surface area (Å²) in [4.78, 5) is 29.6. The van der Waals surface area contributed by atoms with Gasteiger partial charge in [-0.25, -0.2) is 29.9 Å². The molecule has 7 heteroatoms. The standard InChI is InChI=1S/C48H30N6O/c1-5-15-32(16-6-1)43-49-44(33-17-7-2-8-18-33)51-47(50-43)36-29-27-31(28-30-36)37-23-13-24-38-41-39(25-14-26-40(41)55-42(37)38)48-53-45(34-19-9-3-10-20-34)52-46(54-48)35-21-11-4-12-22-35/h1-30H. The number of rotatable bonds is 7. The van der Waals surface area contributed by atoms with Gasteiger partial charge in [0, 0.05) is 49.7 Å². The van der Waals surface area contributed by atoms with Crippen LogP contribution in [-0.4, -0.2) is 29.9 Å². The molecule has 0 spiro atoms. The van der Waals surface area contributed by atoms with Crippen molar-refractivity contribution in [2.24, 2.45) is 0 Å². The number of para-hydroxylation sites is 1. The predicted molar refractivity (Wildman–Crippen MR) is 219 cm³/mol. The number of nitrogens with zero attached hydrogens (tertiary/aromatic N) is 6. The highest BCUT2D eigenvalue weighted by atomic mass is 16.3. The summed E-state index contributed by atoms with van der Waals surface area (Å²) < 4.78 is 6.67. The van der Waals surface area contributed by atoms with E-state index in [0.29, 0.717) is 34.9 Å². The van der Waals surface area contributed by atoms with Gasteiger partial charge in [-0.15, -0.1) is 0 Å². The molecule has 0 radical (unpaired) electrons. The van der Waals surface area contributed by atoms with E-state index in [0.717, 1.165) is 66.4 Å². The SMILES string of the molecule is c1ccc(-c2nc(-c3ccccc3)nc(-c3ccc(-c4cccc5c4oc4cccc(-c6nc(-c7ccccc7)nc(-c7ccccc7)n6)c45)cc3)n2)cc1. The van der Waals surface area contributed by atoms with Crippen LogP contribution in [0, 0.1) is 0 Å². The third-order valence-corrected chi connectivity index (χ3v) is 9.62. The third-order valence-electron chi connectivity index (χ3n) is 9.62. The molecule has 55 heavy (non-hydrogen) atoms. The Kier molecular flexibility index (Phi) is 8.00. The zero-order valence-corrected chi connectivity index (χ0v) is 29.4. The van der Waals surface area contributed by atoms with E-state index in [1.54, 1.807) is 0 Å². The number of hydrogen-bond acceptors (Lipinski definition) is 7. The Balaban J connectivity index is 1.07. The first-order valence-corrected chi connectivity index (χ1v) is 18.0. The van der Waals surface area contributed by atoms with Crippen LogP contribution in [-0.2, 0) is 0 Å². The van der Waals surface area contributed by atoms with Crippen molar-refractivity contribution in [1.82, 2.24) is 29.9 Å². The summed E-state index contributed by atoms with van der Waals surface area (Å²) in [5.74, 6) is 3.66. The lowest BCUT2D eigenvalue weighted by molar-refractivity contribution is 0.670. The normalized spacial score (nSPS) is 11.3. The Bertz CT molecular complexity index is 2840. The van der Waals surface area contributed by atoms with Gasteiger partial charge in [-0.05, 0) is 11.6 Å². The molecule has 0 saturated heterocycles. The van der Waals surface area contributed by atoms with Crippen LogP contribution in [0.2, 0.25) is 0 Å². The van der Waals surface area contributed by atoms with Crippen molar-refractivity contribution < 1.29 is 4.42 Å². The number of furan rings is 1. The molecule has 3 heterocycles. The molecule has 7 nitrogen and oxygen atoms in total. The van der Waals surface area contributed by atoms with Gasteiger partial charge < -0.3 is 4.42 Å². The highest BCUT2D eigenvalue weighted by Crippen LogP contribution is 2.40. The lowest BCUT2D eigenvalue weighted by Crippen LogP contribution is -2.00. The van der Waals surface area contributed by atoms with Gasteiger partial charge in [-0.1, -0.05) is 176 Å². The van der Waals surface area contributed by atoms with E-state index in [1.165, 1.54) is 0 Å². The maximum absolute atomic E-state index is 6.67. The molecule has 0 bridgehead atoms. The lowest BCUT2D eigenvalue weighted by atomic mass is 9.99. The van der Waals surface area contributed by atoms with E-state index < -0.39 is 0 Å². The Morgan fingerprint density at radius 3 is 1.09 bits per heavy atom. The molecule has 3 aromatic heterocycles. The second-order valence-electron chi connectivity index (χ2n) is 13.1. The topological polar surface area (TPSA) is 90.5 Å². The van der Waals surface area contributed by atoms with Crippen molar-refractivity contribution in [1.29, 1.82) is 0 Å². The molecule has 0 aliphatic rings. The fraction of sp³-hybridized carbons (Fsp3) is 0. The maximum atomic E-state index is 6.67. The highest BCUT2D eigenvalue weighted by molar-refractivity contribution is 6.15. The Hall–Kier alpha value is -7.64. The largest absolute Gasteiger partial charge is 0.455 e. The van der Waals surface area contributed by atoms with Crippen molar-refractivity contribution in [2.75, 3.05) is 0 Å². The molecular weight excluding hydrogens is 677 g/mol. The van der Waals surface area contributed by atoms with Crippen LogP contribution in [0.25, 0.3) is 101 Å². The number of benzene rings is 7. The van der Waals surface area contributed by atoms with Gasteiger partial charge in [-0.2, -0.15) is 0 Å². The average Bonchev–Trinajstić information content (AvgIpc) is 3.67. The Labute approximate surface area is 316 Å². The zero-order valence-electron chi connectivity index (χ0n) is 29.4. The van der Waals surface area contributed by atoms with Gasteiger partial charge in [0.1, 0.15) is 11.2 Å². The van der Waals surface area contributed by atoms with E-state index in [4.69, 9.17) is 34.3 Å². The van der Waals surface area contributed by atoms with Gasteiger partial charge >= 0.3 is 0 Å². The summed E-state index contributed by atoms with van der Waals surface area (Å²) in [7, 11) is 0. The summed E-state index contributed by atoms with van der Waals surface area (Å²) in [5.41, 5.74) is 8.99. The molecule has 0 unspecified atom stereocenters. The van der Waals surface area contributed by atoms with Crippen molar-refractivity contribution in [3.8, 4) is 79.5 Å². The first kappa shape index (κ1) is 32.0. The van der Waals surface area contributed by atoms with Crippen molar-refractivity contribution >= 4 is 21.9 Å². The molecule has 0 N–H and O–H groups in total. The van der Waals surface area contributed by atoms with Crippen molar-refractivity contribution in [3.05, 3.63) is 182 Å². The van der Waals surface area contributed by atoms with Crippen LogP contribution in [0.4, 0.5) is 0 Å². The summed E-state index contributed by atoms with van der Waals surface area (Å²) in [6.07, 6.45) is 0. The third kappa shape index (κ3) is 6.09. The average molecular weight is 707 g/mol. The second-order valence-corrected chi connectivity index (χ2v) is 13.1. The van der Waals surface area contributed by atoms with Crippen LogP contribution >= 0.6 is 0 Å². The summed E-state index contributed by atoms with van der Waals surface area (Å²) in [5, 5.41) is 1.93. The Morgan fingerprint density at radius 2 is 0.636 bits per heavy atom. The summed E-state index contributed by atoms with van der Waals surface area (Å²) in [6.45, 7) is 0. The van der Waals surface area contributed by atoms with Crippen LogP contribution in [0.5, 0.6) is 0 Å². The fourth-order valence-corrected chi connectivity index (χ4v) is 6.93. The van der Waals surface area contributed by atoms with Crippen molar-refractivity contribution in [2.45, 2.75) is 0 Å². The van der Waals surface area contributed by atoms with Gasteiger partial charge in [0.15, 0.2) is 34.9 Å². The Morgan fingerprint density at radius 1 is 0.273 bits per heavy atom. The monoisotopic (exact) mass is 706 g/mol. The van der Waals surface area contributed by atoms with Gasteiger partial charge in [0.25, 0.3) is 0 Å². The quantitative estimate of drug-likeness (QED) is 0.163. The van der Waals surface area contributed by atoms with E-state index in [9.17, 15) is 0 Å². The van der Waals surface area contributed by atoms with Crippen LogP contribution in [0.3, 0.4) is 0 Å². The highest BCUT2D eigenvalue weighted by Gasteiger charge is 2.20. The van der Waals surface area contributed by atoms with E-state index >= 15 is 0 Å². The lowest BCUT2D eigenvalue weighted by Gasteiger charge is -2.09. The summed E-state index contributed by atoms with van der Waals surface area (Å²) in [6, 6.07) is 60.6. The molecule has 10 aromatic rings. The number of aromatic nitrogens is 6. The fourth-order valence-electron chi connectivity index (χ4n) is 6.93. The molecule has 258 valence electrons. The smallest absolute Gasteiger partial charge is 0.164 e. The van der Waals surface area contributed by atoms with E-state index in [1.807, 2.05) is 133 Å². The first-order valence-electron chi connectivity index (χ1n) is 18.0. The molecule has 0 aliphatic carbocycles. The molecule has 0 atom stereocenters. The van der Waals surface area contributed by atoms with E-state index in [-0.39, 0.29) is 0 Å². The molecule has 0 aliphatic heterocycles. The molecule has 10 rings (SSSR count). The van der Waals surface area contributed by atoms with Gasteiger partial charge in [-0.3, -0.25) is 0 Å². The molecule has 7 aromatic carbocycles. The number of hydrogen-bond donors (Lipinski definition) is 0. The molecule has 0 amide bonds. The van der Waals surface area contributed by atoms with Crippen molar-refractivity contribution in [3.63, 3.8) is 0 Å². The second kappa shape index (κ2) is 13.7. The summed E-state index contributed by atoms with van der Waals surface area (Å²) >= 11 is 0. The van der Waals surface area contributed by atoms with Crippen LogP contribution < -0.4 is 0 Å². The number of fused-ring (bicyclic) bond motifs is 3. The molecule has 0 saturated carbocycles. The molecule has 0 fully saturated rings. The zero-order chi connectivity index (χ0) is 36.6. The van der Waals surface area contributed by atoms with Gasteiger partial charge in [0.05, 0.1) is 0 Å². The minimum atomic E-state index is 0.581. The van der Waals surface area contributed by atoms with Gasteiger partial charge in [0.2, 0.25) is 0 Å². The minimum Gasteiger partial charge on any atom is -0.455 e. The van der Waals surface area contributed by atoms with E-state index in [2.05, 4.69) is 48.5 Å². The first-order chi connectivity index (χ1) is 27.2. The molecular formula is C48H30N6O. The predicted octanol–water partition coefficient (Wildman–Crippen LogP) is 11.6. The minimum absolute atomic E-state index is 0.581. The van der Waals surface area contributed by atoms with Crippen LogP contribution in [0.1, 0.15) is 0 Å². The maximum Gasteiger partial charge on any atom is 0.164 e.